The van der Waals surface area contributed by atoms with Crippen molar-refractivity contribution in [1.82, 2.24) is 10.2 Å². The van der Waals surface area contributed by atoms with Crippen LogP contribution in [0.4, 0.5) is 0 Å². The molecule has 0 bridgehead atoms. The molecule has 1 fully saturated rings. The van der Waals surface area contributed by atoms with E-state index in [2.05, 4.69) is 40.5 Å². The first-order valence-corrected chi connectivity index (χ1v) is 8.04. The fourth-order valence-electron chi connectivity index (χ4n) is 2.27. The van der Waals surface area contributed by atoms with Gasteiger partial charge in [-0.25, -0.2) is 0 Å². The molecule has 3 heteroatoms. The minimum Gasteiger partial charge on any atom is -0.315 e. The molecule has 0 aliphatic carbocycles. The van der Waals surface area contributed by atoms with Crippen molar-refractivity contribution in [3.63, 3.8) is 0 Å². The maximum Gasteiger partial charge on any atom is 0.0107 e. The number of hydrogen-bond donors (Lipinski definition) is 1. The van der Waals surface area contributed by atoms with Crippen molar-refractivity contribution in [2.45, 2.75) is 24.2 Å². The Morgan fingerprint density at radius 1 is 1.06 bits per heavy atom. The lowest BCUT2D eigenvalue weighted by atomic mass is 10.4. The largest absolute Gasteiger partial charge is 0.315 e. The van der Waals surface area contributed by atoms with E-state index in [4.69, 9.17) is 0 Å². The van der Waals surface area contributed by atoms with Gasteiger partial charge in [0.2, 0.25) is 0 Å². The maximum atomic E-state index is 3.54. The zero-order chi connectivity index (χ0) is 12.5. The smallest absolute Gasteiger partial charge is 0.0107 e. The third-order valence-electron chi connectivity index (χ3n) is 3.31. The SMILES string of the molecule is c1ccc(SCCCNCCN2CCCC2)cc1. The second-order valence-electron chi connectivity index (χ2n) is 4.81. The number of hydrogen-bond acceptors (Lipinski definition) is 3. The quantitative estimate of drug-likeness (QED) is 0.574. The van der Waals surface area contributed by atoms with Gasteiger partial charge in [-0.15, -0.1) is 11.8 Å². The average Bonchev–Trinajstić information content (AvgIpc) is 2.92. The van der Waals surface area contributed by atoms with Gasteiger partial charge in [-0.3, -0.25) is 0 Å². The Bertz CT molecular complexity index is 310. The lowest BCUT2D eigenvalue weighted by molar-refractivity contribution is 0.336. The molecular formula is C15H24N2S. The number of nitrogens with one attached hydrogen (secondary N) is 1. The van der Waals surface area contributed by atoms with Gasteiger partial charge in [0.15, 0.2) is 0 Å². The van der Waals surface area contributed by atoms with Crippen LogP contribution in [0.15, 0.2) is 35.2 Å². The third-order valence-corrected chi connectivity index (χ3v) is 4.41. The average molecular weight is 264 g/mol. The Hall–Kier alpha value is -0.510. The van der Waals surface area contributed by atoms with E-state index in [0.29, 0.717) is 0 Å². The zero-order valence-electron chi connectivity index (χ0n) is 11.1. The highest BCUT2D eigenvalue weighted by Gasteiger charge is 2.09. The fraction of sp³-hybridized carbons (Fsp3) is 0.600. The first-order chi connectivity index (χ1) is 8.95. The van der Waals surface area contributed by atoms with Gasteiger partial charge in [0.1, 0.15) is 0 Å². The molecule has 1 N–H and O–H groups in total. The van der Waals surface area contributed by atoms with E-state index < -0.39 is 0 Å². The summed E-state index contributed by atoms with van der Waals surface area (Å²) in [5.41, 5.74) is 0. The van der Waals surface area contributed by atoms with E-state index in [0.717, 1.165) is 13.1 Å². The molecule has 1 aromatic rings. The normalized spacial score (nSPS) is 16.2. The summed E-state index contributed by atoms with van der Waals surface area (Å²) in [5.74, 6) is 1.21. The Labute approximate surface area is 115 Å². The Morgan fingerprint density at radius 2 is 1.83 bits per heavy atom. The van der Waals surface area contributed by atoms with Crippen LogP contribution >= 0.6 is 11.8 Å². The Morgan fingerprint density at radius 3 is 2.61 bits per heavy atom. The molecule has 18 heavy (non-hydrogen) atoms. The summed E-state index contributed by atoms with van der Waals surface area (Å²) in [6, 6.07) is 10.7. The molecule has 1 aliphatic rings. The van der Waals surface area contributed by atoms with Crippen molar-refractivity contribution in [1.29, 1.82) is 0 Å². The summed E-state index contributed by atoms with van der Waals surface area (Å²) < 4.78 is 0. The van der Waals surface area contributed by atoms with Crippen LogP contribution in [0.2, 0.25) is 0 Å². The molecule has 0 radical (unpaired) electrons. The predicted molar refractivity (Wildman–Crippen MR) is 80.3 cm³/mol. The van der Waals surface area contributed by atoms with Crippen molar-refractivity contribution in [3.05, 3.63) is 30.3 Å². The molecule has 2 rings (SSSR count). The molecule has 2 nitrogen and oxygen atoms in total. The minimum atomic E-state index is 1.15. The molecule has 0 unspecified atom stereocenters. The molecule has 0 saturated carbocycles. The topological polar surface area (TPSA) is 15.3 Å². The van der Waals surface area contributed by atoms with Gasteiger partial charge in [-0.1, -0.05) is 18.2 Å². The summed E-state index contributed by atoms with van der Waals surface area (Å²) >= 11 is 1.95. The summed E-state index contributed by atoms with van der Waals surface area (Å²) in [4.78, 5) is 3.95. The van der Waals surface area contributed by atoms with Gasteiger partial charge < -0.3 is 10.2 Å². The van der Waals surface area contributed by atoms with Crippen molar-refractivity contribution < 1.29 is 0 Å². The van der Waals surface area contributed by atoms with E-state index in [1.807, 2.05) is 11.8 Å². The maximum absolute atomic E-state index is 3.54. The van der Waals surface area contributed by atoms with E-state index in [1.54, 1.807) is 0 Å². The zero-order valence-corrected chi connectivity index (χ0v) is 11.9. The van der Waals surface area contributed by atoms with E-state index in [-0.39, 0.29) is 0 Å². The van der Waals surface area contributed by atoms with Gasteiger partial charge in [-0.05, 0) is 56.8 Å². The molecule has 1 aromatic carbocycles. The van der Waals surface area contributed by atoms with Crippen LogP contribution in [0, 0.1) is 0 Å². The van der Waals surface area contributed by atoms with Crippen LogP contribution in [-0.4, -0.2) is 43.4 Å². The summed E-state index contributed by atoms with van der Waals surface area (Å²) in [6.07, 6.45) is 4.04. The minimum absolute atomic E-state index is 1.15. The van der Waals surface area contributed by atoms with Crippen molar-refractivity contribution in [2.75, 3.05) is 38.5 Å². The van der Waals surface area contributed by atoms with Crippen LogP contribution in [0.25, 0.3) is 0 Å². The number of likely N-dealkylation sites (tertiary alicyclic amines) is 1. The van der Waals surface area contributed by atoms with Crippen LogP contribution in [0.1, 0.15) is 19.3 Å². The highest BCUT2D eigenvalue weighted by Crippen LogP contribution is 2.17. The Balaban J connectivity index is 1.42. The molecule has 0 aromatic heterocycles. The van der Waals surface area contributed by atoms with Crippen molar-refractivity contribution in [3.8, 4) is 0 Å². The lowest BCUT2D eigenvalue weighted by Gasteiger charge is -2.14. The third kappa shape index (κ3) is 5.42. The van der Waals surface area contributed by atoms with Gasteiger partial charge in [-0.2, -0.15) is 0 Å². The van der Waals surface area contributed by atoms with E-state index in [9.17, 15) is 0 Å². The van der Waals surface area contributed by atoms with Gasteiger partial charge >= 0.3 is 0 Å². The first kappa shape index (κ1) is 13.9. The molecule has 1 heterocycles. The highest BCUT2D eigenvalue weighted by atomic mass is 32.2. The number of thioether (sulfide) groups is 1. The van der Waals surface area contributed by atoms with Crippen LogP contribution in [-0.2, 0) is 0 Å². The van der Waals surface area contributed by atoms with Gasteiger partial charge in [0, 0.05) is 18.0 Å². The summed E-state index contributed by atoms with van der Waals surface area (Å²) in [5, 5.41) is 3.54. The molecule has 1 saturated heterocycles. The molecule has 100 valence electrons. The van der Waals surface area contributed by atoms with E-state index in [1.165, 1.54) is 49.5 Å². The molecule has 0 spiro atoms. The second-order valence-corrected chi connectivity index (χ2v) is 5.98. The standard InChI is InChI=1S/C15H24N2S/c1-2-7-15(8-3-1)18-14-6-9-16-10-13-17-11-4-5-12-17/h1-3,7-8,16H,4-6,9-14H2. The van der Waals surface area contributed by atoms with Crippen molar-refractivity contribution >= 4 is 11.8 Å². The number of nitrogens with zero attached hydrogens (tertiary/aromatic N) is 1. The summed E-state index contributed by atoms with van der Waals surface area (Å²) in [7, 11) is 0. The molecule has 0 atom stereocenters. The molecule has 1 aliphatic heterocycles. The highest BCUT2D eigenvalue weighted by molar-refractivity contribution is 7.99. The van der Waals surface area contributed by atoms with Crippen LogP contribution in [0.3, 0.4) is 0 Å². The van der Waals surface area contributed by atoms with Gasteiger partial charge in [0.05, 0.1) is 0 Å². The number of benzene rings is 1. The lowest BCUT2D eigenvalue weighted by Crippen LogP contribution is -2.30. The first-order valence-electron chi connectivity index (χ1n) is 7.06. The van der Waals surface area contributed by atoms with Gasteiger partial charge in [0.25, 0.3) is 0 Å². The monoisotopic (exact) mass is 264 g/mol. The molecular weight excluding hydrogens is 240 g/mol. The molecule has 0 amide bonds. The Kier molecular flexibility index (Phi) is 6.62. The van der Waals surface area contributed by atoms with Crippen LogP contribution < -0.4 is 5.32 Å². The van der Waals surface area contributed by atoms with Crippen molar-refractivity contribution in [2.24, 2.45) is 0 Å². The second kappa shape index (κ2) is 8.57. The number of rotatable bonds is 8. The fourth-order valence-corrected chi connectivity index (χ4v) is 3.15. The predicted octanol–water partition coefficient (Wildman–Crippen LogP) is 2.85. The van der Waals surface area contributed by atoms with E-state index >= 15 is 0 Å². The van der Waals surface area contributed by atoms with Crippen LogP contribution in [0.5, 0.6) is 0 Å². The summed E-state index contributed by atoms with van der Waals surface area (Å²) in [6.45, 7) is 6.15.